The molecule has 4 aliphatic rings. The van der Waals surface area contributed by atoms with Gasteiger partial charge in [-0.05, 0) is 105 Å². The van der Waals surface area contributed by atoms with E-state index in [0.717, 1.165) is 44.9 Å². The lowest BCUT2D eigenvalue weighted by Crippen LogP contribution is -2.56. The largest absolute Gasteiger partial charge is 0.455 e. The summed E-state index contributed by atoms with van der Waals surface area (Å²) in [5.74, 6) is 1.99. The third-order valence-electron chi connectivity index (χ3n) is 10.3. The summed E-state index contributed by atoms with van der Waals surface area (Å²) in [5.41, 5.74) is 1.79. The number of esters is 1. The Morgan fingerprint density at radius 2 is 1.76 bits per heavy atom. The Hall–Kier alpha value is -1.61. The molecular weight excluding hydrogens is 432 g/mol. The van der Waals surface area contributed by atoms with Gasteiger partial charge in [-0.15, -0.1) is 0 Å². The Bertz CT molecular complexity index is 981. The van der Waals surface area contributed by atoms with Gasteiger partial charge in [0.25, 0.3) is 0 Å². The number of hydrogen-bond acceptors (Lipinski definition) is 3. The first-order chi connectivity index (χ1) is 15.7. The van der Waals surface area contributed by atoms with Crippen LogP contribution in [0.4, 0.5) is 0 Å². The number of halogens is 1. The second-order valence-electron chi connectivity index (χ2n) is 11.6. The van der Waals surface area contributed by atoms with Crippen molar-refractivity contribution in [1.82, 2.24) is 0 Å². The number of carbonyl (C=O) groups is 2. The number of carbonyl (C=O) groups excluding carboxylic acids is 2. The molecule has 0 aromatic heterocycles. The second-order valence-corrected chi connectivity index (χ2v) is 12.0. The highest BCUT2D eigenvalue weighted by atomic mass is 35.5. The van der Waals surface area contributed by atoms with Crippen LogP contribution in [0.5, 0.6) is 0 Å². The molecule has 1 aromatic carbocycles. The first kappa shape index (κ1) is 23.1. The molecule has 1 unspecified atom stereocenters. The number of benzene rings is 1. The van der Waals surface area contributed by atoms with Gasteiger partial charge in [0.1, 0.15) is 5.60 Å². The molecule has 6 atom stereocenters. The van der Waals surface area contributed by atoms with E-state index in [2.05, 4.69) is 20.8 Å². The molecule has 3 fully saturated rings. The summed E-state index contributed by atoms with van der Waals surface area (Å²) < 4.78 is 6.53. The minimum absolute atomic E-state index is 0.00826. The molecule has 1 aromatic rings. The summed E-state index contributed by atoms with van der Waals surface area (Å²) in [6, 6.07) is 7.07. The standard InChI is InChI=1S/C29H37ClO3/c1-4-14-29(33-26(32)19-5-8-21(30)9-6-19)17-13-25-23-10-7-20-18-22(31)11-15-27(20,2)24(23)12-16-28(25,29)3/h5-6,8-9,18,23-25H,4,7,10-17H2,1-3H3/t23-,24-,25+,27+,28+,29?/m1/s1. The number of ketones is 1. The molecule has 0 heterocycles. The van der Waals surface area contributed by atoms with Gasteiger partial charge in [0.2, 0.25) is 0 Å². The Labute approximate surface area is 203 Å². The van der Waals surface area contributed by atoms with Crippen molar-refractivity contribution >= 4 is 23.4 Å². The van der Waals surface area contributed by atoms with Gasteiger partial charge in [0.15, 0.2) is 5.78 Å². The SMILES string of the molecule is CCCC1(OC(=O)c2ccc(Cl)cc2)CC[C@H]2[C@@H]3CCC4=CC(=O)CC[C@]4(C)[C@@H]3CC[C@@]21C. The summed E-state index contributed by atoms with van der Waals surface area (Å²) in [5, 5.41) is 0.629. The molecule has 178 valence electrons. The maximum atomic E-state index is 13.3. The Morgan fingerprint density at radius 3 is 2.48 bits per heavy atom. The average molecular weight is 469 g/mol. The highest BCUT2D eigenvalue weighted by Gasteiger charge is 2.65. The van der Waals surface area contributed by atoms with Crippen LogP contribution in [0.1, 0.15) is 95.3 Å². The molecule has 0 aliphatic heterocycles. The van der Waals surface area contributed by atoms with Crippen molar-refractivity contribution < 1.29 is 14.3 Å². The fourth-order valence-electron chi connectivity index (χ4n) is 8.51. The topological polar surface area (TPSA) is 43.4 Å². The Kier molecular flexibility index (Phi) is 5.79. The quantitative estimate of drug-likeness (QED) is 0.428. The zero-order valence-corrected chi connectivity index (χ0v) is 21.0. The maximum absolute atomic E-state index is 13.3. The lowest BCUT2D eigenvalue weighted by atomic mass is 9.46. The maximum Gasteiger partial charge on any atom is 0.338 e. The molecule has 0 N–H and O–H groups in total. The van der Waals surface area contributed by atoms with Crippen molar-refractivity contribution in [1.29, 1.82) is 0 Å². The van der Waals surface area contributed by atoms with Gasteiger partial charge in [-0.3, -0.25) is 4.79 Å². The molecule has 0 spiro atoms. The Balaban J connectivity index is 1.44. The number of rotatable bonds is 4. The fourth-order valence-corrected chi connectivity index (χ4v) is 8.63. The number of hydrogen-bond donors (Lipinski definition) is 0. The highest BCUT2D eigenvalue weighted by molar-refractivity contribution is 6.30. The summed E-state index contributed by atoms with van der Waals surface area (Å²) in [4.78, 5) is 25.4. The van der Waals surface area contributed by atoms with Crippen LogP contribution in [0.25, 0.3) is 0 Å². The number of fused-ring (bicyclic) bond motifs is 5. The van der Waals surface area contributed by atoms with Crippen LogP contribution in [0, 0.1) is 28.6 Å². The number of ether oxygens (including phenoxy) is 1. The lowest BCUT2D eigenvalue weighted by molar-refractivity contribution is -0.137. The normalized spacial score (nSPS) is 39.8. The first-order valence-electron chi connectivity index (χ1n) is 13.0. The average Bonchev–Trinajstić information content (AvgIpc) is 3.07. The molecule has 0 saturated heterocycles. The molecular formula is C29H37ClO3. The zero-order valence-electron chi connectivity index (χ0n) is 20.3. The molecule has 3 nitrogen and oxygen atoms in total. The number of allylic oxidation sites excluding steroid dienone is 1. The first-order valence-corrected chi connectivity index (χ1v) is 13.3. The van der Waals surface area contributed by atoms with Crippen molar-refractivity contribution in [3.8, 4) is 0 Å². The van der Waals surface area contributed by atoms with E-state index in [-0.39, 0.29) is 16.8 Å². The van der Waals surface area contributed by atoms with Crippen molar-refractivity contribution in [3.63, 3.8) is 0 Å². The van der Waals surface area contributed by atoms with Crippen LogP contribution in [0.15, 0.2) is 35.9 Å². The monoisotopic (exact) mass is 468 g/mol. The molecule has 0 radical (unpaired) electrons. The molecule has 4 aliphatic carbocycles. The van der Waals surface area contributed by atoms with Gasteiger partial charge in [-0.2, -0.15) is 0 Å². The van der Waals surface area contributed by atoms with E-state index in [9.17, 15) is 9.59 Å². The van der Waals surface area contributed by atoms with Gasteiger partial charge >= 0.3 is 5.97 Å². The lowest BCUT2D eigenvalue weighted by Gasteiger charge is -2.59. The van der Waals surface area contributed by atoms with E-state index in [0.29, 0.717) is 40.5 Å². The molecule has 33 heavy (non-hydrogen) atoms. The van der Waals surface area contributed by atoms with E-state index in [1.807, 2.05) is 6.08 Å². The second kappa shape index (κ2) is 8.26. The molecule has 0 bridgehead atoms. The van der Waals surface area contributed by atoms with Crippen LogP contribution in [0.2, 0.25) is 5.02 Å². The van der Waals surface area contributed by atoms with E-state index in [4.69, 9.17) is 16.3 Å². The molecule has 0 amide bonds. The van der Waals surface area contributed by atoms with Crippen LogP contribution in [0.3, 0.4) is 0 Å². The van der Waals surface area contributed by atoms with Gasteiger partial charge in [0, 0.05) is 16.9 Å². The van der Waals surface area contributed by atoms with Crippen LogP contribution in [-0.4, -0.2) is 17.4 Å². The van der Waals surface area contributed by atoms with E-state index >= 15 is 0 Å². The van der Waals surface area contributed by atoms with Crippen LogP contribution >= 0.6 is 11.6 Å². The minimum Gasteiger partial charge on any atom is -0.455 e. The van der Waals surface area contributed by atoms with Gasteiger partial charge in [-0.1, -0.05) is 44.4 Å². The van der Waals surface area contributed by atoms with Crippen LogP contribution in [-0.2, 0) is 9.53 Å². The minimum atomic E-state index is -0.395. The summed E-state index contributed by atoms with van der Waals surface area (Å²) in [7, 11) is 0. The molecule has 4 heteroatoms. The Morgan fingerprint density at radius 1 is 1.03 bits per heavy atom. The van der Waals surface area contributed by atoms with Gasteiger partial charge in [0.05, 0.1) is 5.56 Å². The summed E-state index contributed by atoms with van der Waals surface area (Å²) >= 11 is 6.04. The van der Waals surface area contributed by atoms with Gasteiger partial charge < -0.3 is 4.74 Å². The third-order valence-corrected chi connectivity index (χ3v) is 10.5. The van der Waals surface area contributed by atoms with E-state index in [1.165, 1.54) is 18.4 Å². The predicted octanol–water partition coefficient (Wildman–Crippen LogP) is 7.57. The smallest absolute Gasteiger partial charge is 0.338 e. The zero-order chi connectivity index (χ0) is 23.4. The van der Waals surface area contributed by atoms with E-state index in [1.54, 1.807) is 24.3 Å². The molecule has 3 saturated carbocycles. The fraction of sp³-hybridized carbons (Fsp3) is 0.655. The third kappa shape index (κ3) is 3.52. The van der Waals surface area contributed by atoms with E-state index < -0.39 is 5.60 Å². The molecule has 5 rings (SSSR count). The van der Waals surface area contributed by atoms with Crippen molar-refractivity contribution in [3.05, 3.63) is 46.5 Å². The summed E-state index contributed by atoms with van der Waals surface area (Å²) in [6.07, 6.45) is 12.2. The highest BCUT2D eigenvalue weighted by Crippen LogP contribution is 2.69. The van der Waals surface area contributed by atoms with Crippen molar-refractivity contribution in [2.24, 2.45) is 28.6 Å². The van der Waals surface area contributed by atoms with Gasteiger partial charge in [-0.25, -0.2) is 4.79 Å². The van der Waals surface area contributed by atoms with Crippen molar-refractivity contribution in [2.45, 2.75) is 90.6 Å². The van der Waals surface area contributed by atoms with Crippen molar-refractivity contribution in [2.75, 3.05) is 0 Å². The predicted molar refractivity (Wildman–Crippen MR) is 131 cm³/mol. The van der Waals surface area contributed by atoms with Crippen LogP contribution < -0.4 is 0 Å². The summed E-state index contributed by atoms with van der Waals surface area (Å²) in [6.45, 7) is 7.06.